The van der Waals surface area contributed by atoms with E-state index in [1.807, 2.05) is 6.26 Å². The molecule has 13 nitrogen and oxygen atoms in total. The predicted octanol–water partition coefficient (Wildman–Crippen LogP) is -0.517. The van der Waals surface area contributed by atoms with Crippen molar-refractivity contribution in [3.63, 3.8) is 0 Å². The number of carboxylic acids is 2. The quantitative estimate of drug-likeness (QED) is 0.137. The Balaban J connectivity index is 2.97. The van der Waals surface area contributed by atoms with Crippen molar-refractivity contribution in [2.75, 3.05) is 12.0 Å². The highest BCUT2D eigenvalue weighted by molar-refractivity contribution is 7.98. The lowest BCUT2D eigenvalue weighted by Crippen LogP contribution is -2.58. The number of carbonyl (C=O) groups is 5. The molecule has 0 aromatic carbocycles. The maximum atomic E-state index is 13.0. The Kier molecular flexibility index (Phi) is 13.5. The molecule has 1 heterocycles. The summed E-state index contributed by atoms with van der Waals surface area (Å²) >= 11 is 1.43. The molecule has 0 saturated carbocycles. The van der Waals surface area contributed by atoms with Crippen molar-refractivity contribution in [1.29, 1.82) is 0 Å². The van der Waals surface area contributed by atoms with Gasteiger partial charge in [-0.05, 0) is 30.8 Å². The first-order chi connectivity index (χ1) is 17.0. The molecule has 1 rings (SSSR count). The number of nitrogens with two attached hydrogens (primary N) is 1. The SMILES string of the molecule is CCC(C)C(NC(=O)C(CCSC)NC(=O)C(CCC(=O)O)NC(=O)C(N)Cc1cnc[nH]1)C(=O)O. The van der Waals surface area contributed by atoms with Crippen LogP contribution in [0, 0.1) is 5.92 Å². The second-order valence-electron chi connectivity index (χ2n) is 8.43. The minimum Gasteiger partial charge on any atom is -0.481 e. The first-order valence-corrected chi connectivity index (χ1v) is 13.0. The highest BCUT2D eigenvalue weighted by Crippen LogP contribution is 2.10. The highest BCUT2D eigenvalue weighted by atomic mass is 32.2. The number of imidazole rings is 1. The van der Waals surface area contributed by atoms with Crippen molar-refractivity contribution in [3.05, 3.63) is 18.2 Å². The molecular formula is C22H36N6O7S. The third-order valence-electron chi connectivity index (χ3n) is 5.63. The molecule has 1 aromatic heterocycles. The molecule has 5 unspecified atom stereocenters. The lowest BCUT2D eigenvalue weighted by molar-refractivity contribution is -0.143. The van der Waals surface area contributed by atoms with E-state index >= 15 is 0 Å². The Morgan fingerprint density at radius 2 is 1.67 bits per heavy atom. The number of carbonyl (C=O) groups excluding carboxylic acids is 3. The van der Waals surface area contributed by atoms with E-state index in [-0.39, 0.29) is 25.2 Å². The van der Waals surface area contributed by atoms with Crippen LogP contribution in [0.5, 0.6) is 0 Å². The summed E-state index contributed by atoms with van der Waals surface area (Å²) in [5, 5.41) is 26.1. The van der Waals surface area contributed by atoms with Gasteiger partial charge in [0.25, 0.3) is 0 Å². The normalized spacial score (nSPS) is 15.1. The lowest BCUT2D eigenvalue weighted by atomic mass is 9.98. The van der Waals surface area contributed by atoms with Crippen LogP contribution >= 0.6 is 11.8 Å². The van der Waals surface area contributed by atoms with Gasteiger partial charge >= 0.3 is 11.9 Å². The summed E-state index contributed by atoms with van der Waals surface area (Å²) in [7, 11) is 0. The Bertz CT molecular complexity index is 882. The van der Waals surface area contributed by atoms with Crippen LogP contribution in [0.1, 0.15) is 45.2 Å². The molecule has 0 aliphatic heterocycles. The Labute approximate surface area is 213 Å². The van der Waals surface area contributed by atoms with E-state index in [2.05, 4.69) is 25.9 Å². The summed E-state index contributed by atoms with van der Waals surface area (Å²) in [5.74, 6) is -4.34. The average Bonchev–Trinajstić information content (AvgIpc) is 3.34. The number of hydrogen-bond donors (Lipinski definition) is 7. The zero-order valence-corrected chi connectivity index (χ0v) is 21.5. The number of amides is 3. The van der Waals surface area contributed by atoms with Gasteiger partial charge in [-0.3, -0.25) is 19.2 Å². The van der Waals surface area contributed by atoms with Gasteiger partial charge in [0.2, 0.25) is 17.7 Å². The smallest absolute Gasteiger partial charge is 0.326 e. The number of nitrogens with one attached hydrogen (secondary N) is 4. The first kappa shape index (κ1) is 30.9. The van der Waals surface area contributed by atoms with Gasteiger partial charge in [-0.1, -0.05) is 20.3 Å². The lowest BCUT2D eigenvalue weighted by Gasteiger charge is -2.26. The molecule has 0 aliphatic carbocycles. The van der Waals surface area contributed by atoms with Gasteiger partial charge in [-0.25, -0.2) is 9.78 Å². The van der Waals surface area contributed by atoms with Crippen LogP contribution < -0.4 is 21.7 Å². The van der Waals surface area contributed by atoms with Gasteiger partial charge in [0, 0.05) is 24.7 Å². The molecule has 1 aromatic rings. The Morgan fingerprint density at radius 3 is 2.19 bits per heavy atom. The molecule has 5 atom stereocenters. The number of rotatable bonds is 17. The molecule has 36 heavy (non-hydrogen) atoms. The second-order valence-corrected chi connectivity index (χ2v) is 9.42. The molecular weight excluding hydrogens is 492 g/mol. The van der Waals surface area contributed by atoms with Gasteiger partial charge in [0.15, 0.2) is 0 Å². The fourth-order valence-electron chi connectivity index (χ4n) is 3.26. The van der Waals surface area contributed by atoms with Gasteiger partial charge in [-0.2, -0.15) is 11.8 Å². The van der Waals surface area contributed by atoms with Crippen LogP contribution in [0.25, 0.3) is 0 Å². The Hall–Kier alpha value is -3.13. The number of aromatic amines is 1. The summed E-state index contributed by atoms with van der Waals surface area (Å²) in [6.45, 7) is 3.49. The van der Waals surface area contributed by atoms with Crippen LogP contribution in [0.15, 0.2) is 12.5 Å². The number of aromatic nitrogens is 2. The zero-order chi connectivity index (χ0) is 27.3. The van der Waals surface area contributed by atoms with Crippen LogP contribution in [0.3, 0.4) is 0 Å². The van der Waals surface area contributed by atoms with E-state index in [4.69, 9.17) is 10.8 Å². The van der Waals surface area contributed by atoms with Gasteiger partial charge in [0.1, 0.15) is 18.1 Å². The van der Waals surface area contributed by atoms with E-state index in [1.165, 1.54) is 24.3 Å². The summed E-state index contributed by atoms with van der Waals surface area (Å²) < 4.78 is 0. The van der Waals surface area contributed by atoms with Crippen molar-refractivity contribution in [2.45, 2.75) is 70.1 Å². The molecule has 0 spiro atoms. The molecule has 3 amide bonds. The van der Waals surface area contributed by atoms with E-state index in [0.29, 0.717) is 17.9 Å². The molecule has 0 radical (unpaired) electrons. The first-order valence-electron chi connectivity index (χ1n) is 11.6. The number of H-pyrrole nitrogens is 1. The predicted molar refractivity (Wildman–Crippen MR) is 133 cm³/mol. The van der Waals surface area contributed by atoms with Gasteiger partial charge < -0.3 is 36.9 Å². The highest BCUT2D eigenvalue weighted by Gasteiger charge is 2.32. The largest absolute Gasteiger partial charge is 0.481 e. The van der Waals surface area contributed by atoms with Crippen LogP contribution in [-0.4, -0.2) is 86.0 Å². The summed E-state index contributed by atoms with van der Waals surface area (Å²) in [6, 6.07) is -4.53. The van der Waals surface area contributed by atoms with E-state index in [1.54, 1.807) is 13.8 Å². The fourth-order valence-corrected chi connectivity index (χ4v) is 3.73. The monoisotopic (exact) mass is 528 g/mol. The van der Waals surface area contributed by atoms with Gasteiger partial charge in [0.05, 0.1) is 12.4 Å². The molecule has 8 N–H and O–H groups in total. The number of nitrogens with zero attached hydrogens (tertiary/aromatic N) is 1. The van der Waals surface area contributed by atoms with Crippen molar-refractivity contribution >= 4 is 41.4 Å². The molecule has 0 bridgehead atoms. The molecule has 0 aliphatic rings. The van der Waals surface area contributed by atoms with E-state index in [9.17, 15) is 29.1 Å². The van der Waals surface area contributed by atoms with Crippen LogP contribution in [0.2, 0.25) is 0 Å². The zero-order valence-electron chi connectivity index (χ0n) is 20.7. The number of aliphatic carboxylic acids is 2. The Morgan fingerprint density at radius 1 is 1.06 bits per heavy atom. The summed E-state index contributed by atoms with van der Waals surface area (Å²) in [4.78, 5) is 67.9. The molecule has 0 fully saturated rings. The minimum absolute atomic E-state index is 0.115. The molecule has 0 saturated heterocycles. The average molecular weight is 529 g/mol. The van der Waals surface area contributed by atoms with Crippen LogP contribution in [-0.2, 0) is 30.4 Å². The number of carboxylic acid groups (broad SMARTS) is 2. The maximum Gasteiger partial charge on any atom is 0.326 e. The standard InChI is InChI=1S/C22H36N6O7S/c1-4-12(2)18(22(34)35)28-21(33)16(7-8-36-3)27-20(32)15(5-6-17(29)30)26-19(31)14(23)9-13-10-24-11-25-13/h10-12,14-16,18H,4-9,23H2,1-3H3,(H,24,25)(H,26,31)(H,27,32)(H,28,33)(H,29,30)(H,34,35). The van der Waals surface area contributed by atoms with Crippen molar-refractivity contribution in [1.82, 2.24) is 25.9 Å². The second kappa shape index (κ2) is 15.8. The topological polar surface area (TPSA) is 217 Å². The van der Waals surface area contributed by atoms with E-state index < -0.39 is 60.2 Å². The third kappa shape index (κ3) is 10.6. The fraction of sp³-hybridized carbons (Fsp3) is 0.636. The van der Waals surface area contributed by atoms with Gasteiger partial charge in [-0.15, -0.1) is 0 Å². The minimum atomic E-state index is -1.27. The third-order valence-corrected chi connectivity index (χ3v) is 6.28. The maximum absolute atomic E-state index is 13.0. The summed E-state index contributed by atoms with van der Waals surface area (Å²) in [5.41, 5.74) is 6.53. The van der Waals surface area contributed by atoms with Crippen LogP contribution in [0.4, 0.5) is 0 Å². The van der Waals surface area contributed by atoms with Crippen molar-refractivity contribution < 1.29 is 34.2 Å². The molecule has 14 heteroatoms. The summed E-state index contributed by atoms with van der Waals surface area (Å²) in [6.07, 6.45) is 4.93. The van der Waals surface area contributed by atoms with E-state index in [0.717, 1.165) is 0 Å². The molecule has 202 valence electrons. The number of thioether (sulfide) groups is 1. The number of hydrogen-bond acceptors (Lipinski definition) is 8. The van der Waals surface area contributed by atoms with Crippen molar-refractivity contribution in [3.8, 4) is 0 Å². The van der Waals surface area contributed by atoms with Crippen molar-refractivity contribution in [2.24, 2.45) is 11.7 Å².